The molecule has 2 aromatic rings. The Bertz CT molecular complexity index is 505. The molecule has 0 amide bonds. The minimum absolute atomic E-state index is 0.608. The number of halogens is 1. The zero-order valence-electron chi connectivity index (χ0n) is 8.69. The van der Waals surface area contributed by atoms with Gasteiger partial charge in [-0.2, -0.15) is 0 Å². The Labute approximate surface area is 98.5 Å². The maximum Gasteiger partial charge on any atom is 0.181 e. The minimum atomic E-state index is 0.608. The third-order valence-electron chi connectivity index (χ3n) is 2.84. The molecule has 4 heteroatoms. The Morgan fingerprint density at radius 3 is 3.06 bits per heavy atom. The second-order valence-electron chi connectivity index (χ2n) is 4.13. The van der Waals surface area contributed by atoms with Crippen LogP contribution < -0.4 is 0 Å². The molecular weight excluding hydrogens is 224 g/mol. The molecule has 0 saturated heterocycles. The van der Waals surface area contributed by atoms with Crippen LogP contribution in [0.1, 0.15) is 18.5 Å². The van der Waals surface area contributed by atoms with Gasteiger partial charge in [0.25, 0.3) is 0 Å². The lowest BCUT2D eigenvalue weighted by atomic mass is 10.1. The predicted octanol–water partition coefficient (Wildman–Crippen LogP) is 3.34. The molecule has 0 N–H and O–H groups in total. The number of hydrogen-bond acceptors (Lipinski definition) is 3. The van der Waals surface area contributed by atoms with Gasteiger partial charge in [-0.25, -0.2) is 4.98 Å². The standard InChI is InChI=1S/C12H11ClN2O/c13-10-6-14-4-3-9(10)12-11(15-7-16-12)5-8-1-2-8/h3-4,6-8H,1-2,5H2. The van der Waals surface area contributed by atoms with Crippen molar-refractivity contribution >= 4 is 11.6 Å². The van der Waals surface area contributed by atoms with Gasteiger partial charge in [0, 0.05) is 18.0 Å². The molecule has 16 heavy (non-hydrogen) atoms. The summed E-state index contributed by atoms with van der Waals surface area (Å²) in [5, 5.41) is 0.608. The highest BCUT2D eigenvalue weighted by atomic mass is 35.5. The molecular formula is C12H11ClN2O. The topological polar surface area (TPSA) is 38.9 Å². The normalized spacial score (nSPS) is 15.3. The molecule has 3 nitrogen and oxygen atoms in total. The number of rotatable bonds is 3. The monoisotopic (exact) mass is 234 g/mol. The first-order chi connectivity index (χ1) is 7.84. The molecule has 0 atom stereocenters. The Balaban J connectivity index is 1.99. The van der Waals surface area contributed by atoms with Gasteiger partial charge in [0.1, 0.15) is 0 Å². The summed E-state index contributed by atoms with van der Waals surface area (Å²) in [7, 11) is 0. The van der Waals surface area contributed by atoms with E-state index < -0.39 is 0 Å². The largest absolute Gasteiger partial charge is 0.443 e. The van der Waals surface area contributed by atoms with Gasteiger partial charge in [-0.3, -0.25) is 4.98 Å². The van der Waals surface area contributed by atoms with E-state index in [9.17, 15) is 0 Å². The van der Waals surface area contributed by atoms with Crippen molar-refractivity contribution in [1.82, 2.24) is 9.97 Å². The summed E-state index contributed by atoms with van der Waals surface area (Å²) in [4.78, 5) is 8.23. The number of hydrogen-bond donors (Lipinski definition) is 0. The Morgan fingerprint density at radius 1 is 1.44 bits per heavy atom. The van der Waals surface area contributed by atoms with Crippen LogP contribution in [0.25, 0.3) is 11.3 Å². The van der Waals surface area contributed by atoms with Crippen molar-refractivity contribution in [2.24, 2.45) is 5.92 Å². The molecule has 0 radical (unpaired) electrons. The Kier molecular flexibility index (Phi) is 2.40. The second kappa shape index (κ2) is 3.91. The van der Waals surface area contributed by atoms with E-state index in [0.29, 0.717) is 5.02 Å². The molecule has 2 aromatic heterocycles. The molecule has 0 aromatic carbocycles. The first-order valence-corrected chi connectivity index (χ1v) is 5.74. The van der Waals surface area contributed by atoms with E-state index in [4.69, 9.17) is 16.0 Å². The minimum Gasteiger partial charge on any atom is -0.443 e. The van der Waals surface area contributed by atoms with E-state index in [0.717, 1.165) is 29.4 Å². The lowest BCUT2D eigenvalue weighted by Gasteiger charge is -2.01. The van der Waals surface area contributed by atoms with E-state index >= 15 is 0 Å². The molecule has 0 spiro atoms. The first kappa shape index (κ1) is 9.85. The molecule has 0 aliphatic heterocycles. The summed E-state index contributed by atoms with van der Waals surface area (Å²) in [5.41, 5.74) is 1.89. The molecule has 1 saturated carbocycles. The Hall–Kier alpha value is -1.35. The van der Waals surface area contributed by atoms with Crippen molar-refractivity contribution in [3.63, 3.8) is 0 Å². The van der Waals surface area contributed by atoms with Crippen molar-refractivity contribution in [3.8, 4) is 11.3 Å². The summed E-state index contributed by atoms with van der Waals surface area (Å²) in [6, 6.07) is 1.86. The third-order valence-corrected chi connectivity index (χ3v) is 3.14. The number of aromatic nitrogens is 2. The summed E-state index contributed by atoms with van der Waals surface area (Å²) >= 11 is 6.09. The predicted molar refractivity (Wildman–Crippen MR) is 61.2 cm³/mol. The van der Waals surface area contributed by atoms with Crippen molar-refractivity contribution in [1.29, 1.82) is 0 Å². The van der Waals surface area contributed by atoms with Crippen LogP contribution in [0.2, 0.25) is 5.02 Å². The zero-order chi connectivity index (χ0) is 11.0. The highest BCUT2D eigenvalue weighted by Crippen LogP contribution is 2.36. The van der Waals surface area contributed by atoms with Gasteiger partial charge in [0.2, 0.25) is 0 Å². The van der Waals surface area contributed by atoms with Crippen LogP contribution in [0.4, 0.5) is 0 Å². The lowest BCUT2D eigenvalue weighted by Crippen LogP contribution is -1.91. The average molecular weight is 235 g/mol. The molecule has 0 bridgehead atoms. The van der Waals surface area contributed by atoms with Gasteiger partial charge in [-0.15, -0.1) is 0 Å². The van der Waals surface area contributed by atoms with E-state index in [1.165, 1.54) is 19.2 Å². The van der Waals surface area contributed by atoms with Crippen LogP contribution in [0.3, 0.4) is 0 Å². The van der Waals surface area contributed by atoms with Crippen molar-refractivity contribution < 1.29 is 4.42 Å². The van der Waals surface area contributed by atoms with Crippen molar-refractivity contribution in [2.45, 2.75) is 19.3 Å². The van der Waals surface area contributed by atoms with Crippen LogP contribution in [0, 0.1) is 5.92 Å². The summed E-state index contributed by atoms with van der Waals surface area (Å²) in [6.45, 7) is 0. The molecule has 1 aliphatic carbocycles. The van der Waals surface area contributed by atoms with Crippen LogP contribution in [-0.2, 0) is 6.42 Å². The number of oxazole rings is 1. The smallest absolute Gasteiger partial charge is 0.181 e. The van der Waals surface area contributed by atoms with Gasteiger partial charge < -0.3 is 4.42 Å². The molecule has 0 unspecified atom stereocenters. The van der Waals surface area contributed by atoms with Gasteiger partial charge in [-0.05, 0) is 31.2 Å². The maximum atomic E-state index is 6.09. The second-order valence-corrected chi connectivity index (χ2v) is 4.54. The summed E-state index contributed by atoms with van der Waals surface area (Å²) in [6.07, 6.45) is 8.42. The fraction of sp³-hybridized carbons (Fsp3) is 0.333. The van der Waals surface area contributed by atoms with Crippen LogP contribution in [0.15, 0.2) is 29.3 Å². The van der Waals surface area contributed by atoms with E-state index in [2.05, 4.69) is 9.97 Å². The third kappa shape index (κ3) is 1.83. The molecule has 1 fully saturated rings. The van der Waals surface area contributed by atoms with Gasteiger partial charge in [0.15, 0.2) is 12.2 Å². The summed E-state index contributed by atoms with van der Waals surface area (Å²) < 4.78 is 5.44. The first-order valence-electron chi connectivity index (χ1n) is 5.37. The highest BCUT2D eigenvalue weighted by Gasteiger charge is 2.25. The Morgan fingerprint density at radius 2 is 2.31 bits per heavy atom. The molecule has 82 valence electrons. The van der Waals surface area contributed by atoms with Crippen LogP contribution >= 0.6 is 11.6 Å². The average Bonchev–Trinajstić information content (AvgIpc) is 2.97. The summed E-state index contributed by atoms with van der Waals surface area (Å²) in [5.74, 6) is 1.57. The molecule has 1 aliphatic rings. The molecule has 3 rings (SSSR count). The quantitative estimate of drug-likeness (QED) is 0.818. The maximum absolute atomic E-state index is 6.09. The van der Waals surface area contributed by atoms with E-state index in [1.54, 1.807) is 12.4 Å². The van der Waals surface area contributed by atoms with Crippen molar-refractivity contribution in [2.75, 3.05) is 0 Å². The molecule has 2 heterocycles. The van der Waals surface area contributed by atoms with E-state index in [1.807, 2.05) is 6.07 Å². The number of nitrogens with zero attached hydrogens (tertiary/aromatic N) is 2. The SMILES string of the molecule is Clc1cnccc1-c1ocnc1CC1CC1. The van der Waals surface area contributed by atoms with Gasteiger partial charge in [-0.1, -0.05) is 11.6 Å². The van der Waals surface area contributed by atoms with Crippen LogP contribution in [0.5, 0.6) is 0 Å². The zero-order valence-corrected chi connectivity index (χ0v) is 9.44. The fourth-order valence-corrected chi connectivity index (χ4v) is 1.99. The number of pyridine rings is 1. The van der Waals surface area contributed by atoms with Crippen molar-refractivity contribution in [3.05, 3.63) is 35.6 Å². The van der Waals surface area contributed by atoms with Gasteiger partial charge >= 0.3 is 0 Å². The lowest BCUT2D eigenvalue weighted by molar-refractivity contribution is 0.570. The van der Waals surface area contributed by atoms with Gasteiger partial charge in [0.05, 0.1) is 10.7 Å². The van der Waals surface area contributed by atoms with E-state index in [-0.39, 0.29) is 0 Å². The van der Waals surface area contributed by atoms with Crippen LogP contribution in [-0.4, -0.2) is 9.97 Å². The fourth-order valence-electron chi connectivity index (χ4n) is 1.79. The highest BCUT2D eigenvalue weighted by molar-refractivity contribution is 6.33.